The van der Waals surface area contributed by atoms with E-state index in [0.29, 0.717) is 6.04 Å². The normalized spacial score (nSPS) is 10.7. The maximum absolute atomic E-state index is 4.85. The molecule has 0 N–H and O–H groups in total. The van der Waals surface area contributed by atoms with Crippen LogP contribution in [0.5, 0.6) is 0 Å². The Labute approximate surface area is 177 Å². The topological polar surface area (TPSA) is 12.4 Å². The molecule has 0 aromatic rings. The second kappa shape index (κ2) is 27.9. The molecule has 0 heterocycles. The molecular weight excluding hydrogens is 326 g/mol. The number of nitrogens with zero attached hydrogens (tertiary/aromatic N) is 1. The van der Waals surface area contributed by atoms with Gasteiger partial charge in [-0.15, -0.1) is 0 Å². The van der Waals surface area contributed by atoms with Crippen LogP contribution in [0.4, 0.5) is 0 Å². The van der Waals surface area contributed by atoms with Crippen molar-refractivity contribution in [3.63, 3.8) is 0 Å². The molecule has 0 unspecified atom stereocenters. The standard InChI is InChI=1S/C22H45N.4CH4/c1-6-8-10-12-14-16-18-22(21(5)23-20(3)4)19-17-15-13-11-9-7-2;;;;/h20,22H,6-19H2,1-5H3;4*1H4. The molecule has 0 rings (SSSR count). The first kappa shape index (κ1) is 37.4. The summed E-state index contributed by atoms with van der Waals surface area (Å²) in [5.74, 6) is 0.745. The molecule has 0 amide bonds. The molecule has 170 valence electrons. The highest BCUT2D eigenvalue weighted by Crippen LogP contribution is 2.21. The van der Waals surface area contributed by atoms with Crippen LogP contribution < -0.4 is 0 Å². The van der Waals surface area contributed by atoms with E-state index in [1.165, 1.54) is 95.6 Å². The highest BCUT2D eigenvalue weighted by molar-refractivity contribution is 5.84. The fourth-order valence-corrected chi connectivity index (χ4v) is 3.42. The van der Waals surface area contributed by atoms with Crippen LogP contribution in [-0.4, -0.2) is 11.8 Å². The van der Waals surface area contributed by atoms with E-state index in [9.17, 15) is 0 Å². The quantitative estimate of drug-likeness (QED) is 0.184. The lowest BCUT2D eigenvalue weighted by molar-refractivity contribution is 0.481. The predicted molar refractivity (Wildman–Crippen MR) is 135 cm³/mol. The summed E-state index contributed by atoms with van der Waals surface area (Å²) < 4.78 is 0. The van der Waals surface area contributed by atoms with Crippen molar-refractivity contribution in [3.8, 4) is 0 Å². The molecule has 0 radical (unpaired) electrons. The molecule has 1 nitrogen and oxygen atoms in total. The molecule has 0 aliphatic heterocycles. The van der Waals surface area contributed by atoms with Crippen molar-refractivity contribution in [2.75, 3.05) is 0 Å². The minimum Gasteiger partial charge on any atom is -0.291 e. The number of hydrogen-bond acceptors (Lipinski definition) is 1. The highest BCUT2D eigenvalue weighted by atomic mass is 14.8. The molecule has 1 heteroatoms. The minimum atomic E-state index is 0. The molecule has 0 spiro atoms. The second-order valence-electron chi connectivity index (χ2n) is 7.67. The van der Waals surface area contributed by atoms with Gasteiger partial charge in [-0.3, -0.25) is 4.99 Å². The summed E-state index contributed by atoms with van der Waals surface area (Å²) in [4.78, 5) is 4.85. The molecule has 0 aliphatic rings. The summed E-state index contributed by atoms with van der Waals surface area (Å²) in [6, 6.07) is 0.451. The summed E-state index contributed by atoms with van der Waals surface area (Å²) in [5, 5.41) is 0. The van der Waals surface area contributed by atoms with Gasteiger partial charge >= 0.3 is 0 Å². The molecule has 0 aliphatic carbocycles. The van der Waals surface area contributed by atoms with Gasteiger partial charge in [0, 0.05) is 11.8 Å². The van der Waals surface area contributed by atoms with Gasteiger partial charge in [-0.1, -0.05) is 121 Å². The monoisotopic (exact) mass is 387 g/mol. The van der Waals surface area contributed by atoms with Gasteiger partial charge < -0.3 is 0 Å². The van der Waals surface area contributed by atoms with Gasteiger partial charge in [-0.05, 0) is 39.5 Å². The van der Waals surface area contributed by atoms with Gasteiger partial charge in [0.1, 0.15) is 0 Å². The molecule has 0 saturated carbocycles. The summed E-state index contributed by atoms with van der Waals surface area (Å²) in [5.41, 5.74) is 1.42. The van der Waals surface area contributed by atoms with Gasteiger partial charge in [0.2, 0.25) is 0 Å². The van der Waals surface area contributed by atoms with E-state index in [4.69, 9.17) is 4.99 Å². The van der Waals surface area contributed by atoms with E-state index in [1.54, 1.807) is 0 Å². The third-order valence-electron chi connectivity index (χ3n) is 4.86. The average molecular weight is 388 g/mol. The number of unbranched alkanes of at least 4 members (excludes halogenated alkanes) is 10. The Morgan fingerprint density at radius 2 is 0.926 bits per heavy atom. The van der Waals surface area contributed by atoms with Crippen LogP contribution in [0, 0.1) is 5.92 Å². The van der Waals surface area contributed by atoms with Crippen molar-refractivity contribution >= 4 is 5.71 Å². The molecule has 0 atom stereocenters. The van der Waals surface area contributed by atoms with E-state index >= 15 is 0 Å². The van der Waals surface area contributed by atoms with E-state index < -0.39 is 0 Å². The van der Waals surface area contributed by atoms with E-state index in [1.807, 2.05) is 0 Å². The van der Waals surface area contributed by atoms with E-state index in [2.05, 4.69) is 34.6 Å². The third kappa shape index (κ3) is 25.7. The maximum atomic E-state index is 4.85. The van der Waals surface area contributed by atoms with Gasteiger partial charge in [0.25, 0.3) is 0 Å². The highest BCUT2D eigenvalue weighted by Gasteiger charge is 2.12. The first-order valence-corrected chi connectivity index (χ1v) is 10.7. The van der Waals surface area contributed by atoms with Gasteiger partial charge in [-0.25, -0.2) is 0 Å². The number of hydrogen-bond donors (Lipinski definition) is 0. The fourth-order valence-electron chi connectivity index (χ4n) is 3.42. The van der Waals surface area contributed by atoms with Gasteiger partial charge in [0.15, 0.2) is 0 Å². The molecule has 0 bridgehead atoms. The Bertz CT molecular complexity index is 251. The SMILES string of the molecule is C.C.C.C.CCCCCCCCC(CCCCCCCC)C(C)=NC(C)C. The first-order valence-electron chi connectivity index (χ1n) is 10.7. The van der Waals surface area contributed by atoms with Crippen molar-refractivity contribution < 1.29 is 0 Å². The van der Waals surface area contributed by atoms with Crippen molar-refractivity contribution in [2.45, 2.75) is 160 Å². The van der Waals surface area contributed by atoms with E-state index in [-0.39, 0.29) is 29.7 Å². The Hall–Kier alpha value is -0.330. The lowest BCUT2D eigenvalue weighted by Gasteiger charge is -2.18. The molecule has 0 fully saturated rings. The minimum absolute atomic E-state index is 0. The summed E-state index contributed by atoms with van der Waals surface area (Å²) in [7, 11) is 0. The molecule has 0 saturated heterocycles. The van der Waals surface area contributed by atoms with Crippen LogP contribution in [0.15, 0.2) is 4.99 Å². The predicted octanol–water partition coefficient (Wildman–Crippen LogP) is 10.5. The maximum Gasteiger partial charge on any atom is 0.0442 e. The molecule has 0 aromatic carbocycles. The second-order valence-corrected chi connectivity index (χ2v) is 7.67. The van der Waals surface area contributed by atoms with Crippen LogP contribution in [0.1, 0.15) is 154 Å². The van der Waals surface area contributed by atoms with Crippen LogP contribution >= 0.6 is 0 Å². The van der Waals surface area contributed by atoms with E-state index in [0.717, 1.165) is 5.92 Å². The first-order chi connectivity index (χ1) is 11.1. The van der Waals surface area contributed by atoms with Crippen molar-refractivity contribution in [2.24, 2.45) is 10.9 Å². The lowest BCUT2D eigenvalue weighted by atomic mass is 9.90. The third-order valence-corrected chi connectivity index (χ3v) is 4.86. The van der Waals surface area contributed by atoms with Crippen LogP contribution in [0.25, 0.3) is 0 Å². The zero-order valence-corrected chi connectivity index (χ0v) is 17.0. The zero-order chi connectivity index (χ0) is 17.3. The zero-order valence-electron chi connectivity index (χ0n) is 17.0. The van der Waals surface area contributed by atoms with Crippen molar-refractivity contribution in [1.29, 1.82) is 0 Å². The molecule has 27 heavy (non-hydrogen) atoms. The number of aliphatic imine (C=N–C) groups is 1. The van der Waals surface area contributed by atoms with Crippen molar-refractivity contribution in [1.82, 2.24) is 0 Å². The van der Waals surface area contributed by atoms with Gasteiger partial charge in [0.05, 0.1) is 0 Å². The smallest absolute Gasteiger partial charge is 0.0442 e. The molecular formula is C26H61N. The summed E-state index contributed by atoms with van der Waals surface area (Å²) in [6.45, 7) is 11.3. The summed E-state index contributed by atoms with van der Waals surface area (Å²) >= 11 is 0. The lowest BCUT2D eigenvalue weighted by Crippen LogP contribution is -2.13. The van der Waals surface area contributed by atoms with Crippen LogP contribution in [0.3, 0.4) is 0 Å². The van der Waals surface area contributed by atoms with Crippen LogP contribution in [0.2, 0.25) is 0 Å². The Morgan fingerprint density at radius 3 is 1.26 bits per heavy atom. The largest absolute Gasteiger partial charge is 0.291 e. The Morgan fingerprint density at radius 1 is 0.593 bits per heavy atom. The Kier molecular flexibility index (Phi) is 38.7. The average Bonchev–Trinajstić information content (AvgIpc) is 2.51. The van der Waals surface area contributed by atoms with Crippen LogP contribution in [-0.2, 0) is 0 Å². The Balaban J connectivity index is -0.000000403. The number of rotatable bonds is 16. The molecule has 0 aromatic heterocycles. The van der Waals surface area contributed by atoms with Crippen molar-refractivity contribution in [3.05, 3.63) is 0 Å². The summed E-state index contributed by atoms with van der Waals surface area (Å²) in [6.07, 6.45) is 19.6. The van der Waals surface area contributed by atoms with Gasteiger partial charge in [-0.2, -0.15) is 0 Å². The fraction of sp³-hybridized carbons (Fsp3) is 0.962.